The maximum atomic E-state index is 13.0. The van der Waals surface area contributed by atoms with Gasteiger partial charge in [-0.05, 0) is 50.7 Å². The molecule has 3 rings (SSSR count). The second-order valence-corrected chi connectivity index (χ2v) is 7.17. The summed E-state index contributed by atoms with van der Waals surface area (Å²) in [6.07, 6.45) is 1.49. The Labute approximate surface area is 163 Å². The summed E-state index contributed by atoms with van der Waals surface area (Å²) in [5.41, 5.74) is 3.04. The first kappa shape index (κ1) is 19.8. The minimum atomic E-state index is -1.10. The lowest BCUT2D eigenvalue weighted by molar-refractivity contribution is -0.127. The summed E-state index contributed by atoms with van der Waals surface area (Å²) in [6.45, 7) is 5.73. The number of esters is 1. The number of fused-ring (bicyclic) bond motifs is 2. The fraction of sp³-hybridized carbons (Fsp3) is 0.429. The van der Waals surface area contributed by atoms with Crippen LogP contribution in [0.15, 0.2) is 24.3 Å². The Balaban J connectivity index is 1.90. The van der Waals surface area contributed by atoms with E-state index < -0.39 is 24.0 Å². The number of aryl methyl sites for hydroxylation is 1. The molecule has 0 fully saturated rings. The lowest BCUT2D eigenvalue weighted by atomic mass is 9.84. The molecule has 1 aromatic carbocycles. The van der Waals surface area contributed by atoms with Crippen LogP contribution in [0.2, 0.25) is 0 Å². The van der Waals surface area contributed by atoms with Gasteiger partial charge in [0.25, 0.3) is 5.91 Å². The number of rotatable bonds is 4. The van der Waals surface area contributed by atoms with E-state index in [0.717, 1.165) is 41.4 Å². The van der Waals surface area contributed by atoms with Gasteiger partial charge in [0.15, 0.2) is 6.10 Å². The predicted octanol–water partition coefficient (Wildman–Crippen LogP) is 2.75. The van der Waals surface area contributed by atoms with E-state index in [9.17, 15) is 14.4 Å². The Morgan fingerprint density at radius 2 is 2.04 bits per heavy atom. The van der Waals surface area contributed by atoms with E-state index in [0.29, 0.717) is 18.0 Å². The normalized spacial score (nSPS) is 16.8. The molecule has 0 saturated heterocycles. The maximum Gasteiger partial charge on any atom is 0.339 e. The highest BCUT2D eigenvalue weighted by atomic mass is 16.5. The van der Waals surface area contributed by atoms with Gasteiger partial charge >= 0.3 is 12.0 Å². The molecule has 2 atom stereocenters. The molecule has 0 aliphatic heterocycles. The number of nitrogens with zero attached hydrogens (tertiary/aromatic N) is 1. The molecule has 3 amide bonds. The van der Waals surface area contributed by atoms with Crippen LogP contribution in [0.1, 0.15) is 48.8 Å². The number of imide groups is 1. The molecule has 2 N–H and O–H groups in total. The predicted molar refractivity (Wildman–Crippen MR) is 105 cm³/mol. The highest BCUT2D eigenvalue weighted by molar-refractivity contribution is 6.06. The Morgan fingerprint density at radius 1 is 1.29 bits per heavy atom. The van der Waals surface area contributed by atoms with E-state index >= 15 is 0 Å². The number of urea groups is 1. The van der Waals surface area contributed by atoms with Gasteiger partial charge in [-0.3, -0.25) is 15.1 Å². The second-order valence-electron chi connectivity index (χ2n) is 7.17. The average molecular weight is 383 g/mol. The number of benzene rings is 1. The fourth-order valence-corrected chi connectivity index (χ4v) is 3.49. The zero-order chi connectivity index (χ0) is 20.3. The molecule has 1 aliphatic rings. The lowest BCUT2D eigenvalue weighted by Gasteiger charge is -2.24. The van der Waals surface area contributed by atoms with Crippen molar-refractivity contribution in [3.8, 4) is 0 Å². The molecule has 7 nitrogen and oxygen atoms in total. The summed E-state index contributed by atoms with van der Waals surface area (Å²) in [5, 5.41) is 5.35. The highest BCUT2D eigenvalue weighted by Crippen LogP contribution is 2.32. The van der Waals surface area contributed by atoms with E-state index in [1.807, 2.05) is 24.3 Å². The quantitative estimate of drug-likeness (QED) is 0.791. The van der Waals surface area contributed by atoms with Gasteiger partial charge in [0.05, 0.1) is 11.1 Å². The zero-order valence-electron chi connectivity index (χ0n) is 16.4. The molecule has 7 heteroatoms. The third-order valence-corrected chi connectivity index (χ3v) is 4.94. The number of ether oxygens (including phenoxy) is 1. The SMILES string of the molecule is CCNC(=O)NC(=O)[C@@H](C)OC(=O)c1c2c(nc3ccccc13)CC[C@@H](C)C2. The summed E-state index contributed by atoms with van der Waals surface area (Å²) in [7, 11) is 0. The maximum absolute atomic E-state index is 13.0. The van der Waals surface area contributed by atoms with E-state index in [1.54, 1.807) is 6.92 Å². The van der Waals surface area contributed by atoms with Crippen LogP contribution >= 0.6 is 0 Å². The van der Waals surface area contributed by atoms with Crippen molar-refractivity contribution in [3.05, 3.63) is 41.1 Å². The van der Waals surface area contributed by atoms with Crippen molar-refractivity contribution in [2.75, 3.05) is 6.54 Å². The molecular weight excluding hydrogens is 358 g/mol. The van der Waals surface area contributed by atoms with Crippen LogP contribution in [-0.4, -0.2) is 35.5 Å². The summed E-state index contributed by atoms with van der Waals surface area (Å²) < 4.78 is 5.43. The van der Waals surface area contributed by atoms with Gasteiger partial charge in [-0.15, -0.1) is 0 Å². The van der Waals surface area contributed by atoms with Crippen molar-refractivity contribution in [3.63, 3.8) is 0 Å². The monoisotopic (exact) mass is 383 g/mol. The number of para-hydroxylation sites is 1. The fourth-order valence-electron chi connectivity index (χ4n) is 3.49. The van der Waals surface area contributed by atoms with Crippen LogP contribution in [0.3, 0.4) is 0 Å². The first-order chi connectivity index (χ1) is 13.4. The van der Waals surface area contributed by atoms with Crippen LogP contribution in [0.5, 0.6) is 0 Å². The molecule has 0 unspecified atom stereocenters. The second kappa shape index (κ2) is 8.37. The van der Waals surface area contributed by atoms with E-state index in [2.05, 4.69) is 17.6 Å². The van der Waals surface area contributed by atoms with E-state index in [4.69, 9.17) is 9.72 Å². The number of hydrogen-bond acceptors (Lipinski definition) is 5. The van der Waals surface area contributed by atoms with Crippen LogP contribution < -0.4 is 10.6 Å². The standard InChI is InChI=1S/C21H25N3O4/c1-4-22-21(27)24-19(25)13(3)28-20(26)18-14-7-5-6-8-16(14)23-17-10-9-12(2)11-15(17)18/h5-8,12-13H,4,9-11H2,1-3H3,(H2,22,24,25,27)/t12-,13-/m1/s1. The van der Waals surface area contributed by atoms with Crippen LogP contribution in [-0.2, 0) is 22.4 Å². The van der Waals surface area contributed by atoms with Crippen molar-refractivity contribution in [1.29, 1.82) is 0 Å². The number of aromatic nitrogens is 1. The van der Waals surface area contributed by atoms with Gasteiger partial charge in [-0.1, -0.05) is 25.1 Å². The van der Waals surface area contributed by atoms with Crippen molar-refractivity contribution < 1.29 is 19.1 Å². The minimum absolute atomic E-state index is 0.389. The summed E-state index contributed by atoms with van der Waals surface area (Å²) in [4.78, 5) is 41.4. The van der Waals surface area contributed by atoms with E-state index in [1.165, 1.54) is 6.92 Å². The lowest BCUT2D eigenvalue weighted by Crippen LogP contribution is -2.44. The van der Waals surface area contributed by atoms with Gasteiger partial charge in [0.2, 0.25) is 0 Å². The molecule has 2 aromatic rings. The first-order valence-corrected chi connectivity index (χ1v) is 9.60. The molecule has 0 saturated carbocycles. The van der Waals surface area contributed by atoms with Crippen molar-refractivity contribution in [1.82, 2.24) is 15.6 Å². The number of amides is 3. The highest BCUT2D eigenvalue weighted by Gasteiger charge is 2.28. The van der Waals surface area contributed by atoms with Gasteiger partial charge in [0.1, 0.15) is 0 Å². The molecule has 28 heavy (non-hydrogen) atoms. The van der Waals surface area contributed by atoms with Gasteiger partial charge in [-0.2, -0.15) is 0 Å². The van der Waals surface area contributed by atoms with Crippen LogP contribution in [0.4, 0.5) is 4.79 Å². The zero-order valence-corrected chi connectivity index (χ0v) is 16.4. The first-order valence-electron chi connectivity index (χ1n) is 9.60. The molecule has 0 bridgehead atoms. The molecule has 0 spiro atoms. The molecular formula is C21H25N3O4. The minimum Gasteiger partial charge on any atom is -0.449 e. The summed E-state index contributed by atoms with van der Waals surface area (Å²) >= 11 is 0. The Kier molecular flexibility index (Phi) is 5.92. The number of hydrogen-bond donors (Lipinski definition) is 2. The number of pyridine rings is 1. The molecule has 0 radical (unpaired) electrons. The van der Waals surface area contributed by atoms with Crippen LogP contribution in [0, 0.1) is 5.92 Å². The third kappa shape index (κ3) is 4.13. The molecule has 1 aromatic heterocycles. The number of carbonyl (C=O) groups excluding carboxylic acids is 3. The van der Waals surface area contributed by atoms with Crippen molar-refractivity contribution in [2.24, 2.45) is 5.92 Å². The Morgan fingerprint density at radius 3 is 2.79 bits per heavy atom. The Hall–Kier alpha value is -2.96. The Bertz CT molecular complexity index is 925. The van der Waals surface area contributed by atoms with Gasteiger partial charge < -0.3 is 10.1 Å². The largest absolute Gasteiger partial charge is 0.449 e. The third-order valence-electron chi connectivity index (χ3n) is 4.94. The van der Waals surface area contributed by atoms with Crippen LogP contribution in [0.25, 0.3) is 10.9 Å². The van der Waals surface area contributed by atoms with Crippen molar-refractivity contribution in [2.45, 2.75) is 46.1 Å². The smallest absolute Gasteiger partial charge is 0.339 e. The molecule has 1 aliphatic carbocycles. The van der Waals surface area contributed by atoms with Gasteiger partial charge in [-0.25, -0.2) is 9.59 Å². The van der Waals surface area contributed by atoms with Gasteiger partial charge in [0, 0.05) is 17.6 Å². The summed E-state index contributed by atoms with van der Waals surface area (Å²) in [5.74, 6) is -0.789. The average Bonchev–Trinajstić information content (AvgIpc) is 2.66. The van der Waals surface area contributed by atoms with Crippen molar-refractivity contribution >= 4 is 28.8 Å². The summed E-state index contributed by atoms with van der Waals surface area (Å²) in [6, 6.07) is 6.83. The molecule has 148 valence electrons. The topological polar surface area (TPSA) is 97.4 Å². The van der Waals surface area contributed by atoms with E-state index in [-0.39, 0.29) is 0 Å². The number of nitrogens with one attached hydrogen (secondary N) is 2. The number of carbonyl (C=O) groups is 3. The molecule has 1 heterocycles.